The summed E-state index contributed by atoms with van der Waals surface area (Å²) in [5.74, 6) is 2.04. The monoisotopic (exact) mass is 347 g/mol. The molecule has 1 aliphatic heterocycles. The molecule has 1 aliphatic rings. The van der Waals surface area contributed by atoms with Gasteiger partial charge in [-0.2, -0.15) is 0 Å². The zero-order valence-electron chi connectivity index (χ0n) is 18.5. The second-order valence-corrected chi connectivity index (χ2v) is 10.6. The van der Waals surface area contributed by atoms with Crippen LogP contribution in [0, 0.1) is 23.2 Å². The molecule has 1 heteroatoms. The van der Waals surface area contributed by atoms with E-state index in [9.17, 15) is 0 Å². The van der Waals surface area contributed by atoms with Crippen molar-refractivity contribution in [2.24, 2.45) is 23.2 Å². The molecule has 0 amide bonds. The number of nitrogens with zero attached hydrogens (tertiary/aromatic N) is 1. The summed E-state index contributed by atoms with van der Waals surface area (Å²) in [6, 6.07) is 0. The summed E-state index contributed by atoms with van der Waals surface area (Å²) in [5.41, 5.74) is 3.15. The van der Waals surface area contributed by atoms with Gasteiger partial charge < -0.3 is 4.90 Å². The van der Waals surface area contributed by atoms with E-state index in [0.717, 1.165) is 12.3 Å². The molecule has 1 nitrogen and oxygen atoms in total. The van der Waals surface area contributed by atoms with Crippen molar-refractivity contribution in [2.75, 3.05) is 0 Å². The van der Waals surface area contributed by atoms with E-state index >= 15 is 0 Å². The fraction of sp³-hybridized carbons (Fsp3) is 0.833. The summed E-state index contributed by atoms with van der Waals surface area (Å²) in [7, 11) is 0. The van der Waals surface area contributed by atoms with Crippen LogP contribution in [0.5, 0.6) is 0 Å². The fourth-order valence-corrected chi connectivity index (χ4v) is 4.49. The van der Waals surface area contributed by atoms with Crippen molar-refractivity contribution in [1.82, 2.24) is 4.90 Å². The summed E-state index contributed by atoms with van der Waals surface area (Å²) in [4.78, 5) is 2.46. The molecule has 0 aromatic heterocycles. The minimum atomic E-state index is 0.131. The highest BCUT2D eigenvalue weighted by atomic mass is 15.2. The van der Waals surface area contributed by atoms with Gasteiger partial charge >= 0.3 is 0 Å². The van der Waals surface area contributed by atoms with Gasteiger partial charge in [0.1, 0.15) is 0 Å². The molecule has 1 fully saturated rings. The molecule has 25 heavy (non-hydrogen) atoms. The van der Waals surface area contributed by atoms with Crippen molar-refractivity contribution in [3.8, 4) is 0 Å². The molecular weight excluding hydrogens is 302 g/mol. The lowest BCUT2D eigenvalue weighted by Gasteiger charge is -2.40. The van der Waals surface area contributed by atoms with Crippen molar-refractivity contribution < 1.29 is 0 Å². The van der Waals surface area contributed by atoms with Crippen molar-refractivity contribution >= 4 is 0 Å². The van der Waals surface area contributed by atoms with Crippen LogP contribution >= 0.6 is 0 Å². The van der Waals surface area contributed by atoms with Gasteiger partial charge in [0.2, 0.25) is 0 Å². The van der Waals surface area contributed by atoms with E-state index in [2.05, 4.69) is 73.4 Å². The Morgan fingerprint density at radius 1 is 0.960 bits per heavy atom. The molecule has 0 aromatic carbocycles. The number of allylic oxidation sites excluding steroid dienone is 2. The predicted octanol–water partition coefficient (Wildman–Crippen LogP) is 7.79. The summed E-state index contributed by atoms with van der Waals surface area (Å²) in [6.07, 6.45) is 8.97. The highest BCUT2D eigenvalue weighted by molar-refractivity contribution is 5.24. The van der Waals surface area contributed by atoms with E-state index in [1.54, 1.807) is 0 Å². The Morgan fingerprint density at radius 3 is 2.00 bits per heavy atom. The molecular formula is C24H45N. The molecule has 0 N–H and O–H groups in total. The third-order valence-electron chi connectivity index (χ3n) is 6.17. The minimum absolute atomic E-state index is 0.131. The second kappa shape index (κ2) is 8.78. The van der Waals surface area contributed by atoms with Crippen LogP contribution in [0.15, 0.2) is 24.6 Å². The van der Waals surface area contributed by atoms with Gasteiger partial charge in [-0.25, -0.2) is 0 Å². The Labute approximate surface area is 159 Å². The summed E-state index contributed by atoms with van der Waals surface area (Å²) >= 11 is 0. The van der Waals surface area contributed by atoms with E-state index in [1.165, 1.54) is 49.9 Å². The van der Waals surface area contributed by atoms with Crippen LogP contribution in [0.2, 0.25) is 0 Å². The molecule has 1 atom stereocenters. The van der Waals surface area contributed by atoms with E-state index in [-0.39, 0.29) is 5.54 Å². The Kier molecular flexibility index (Phi) is 7.84. The smallest absolute Gasteiger partial charge is 0.0388 e. The Morgan fingerprint density at radius 2 is 1.52 bits per heavy atom. The van der Waals surface area contributed by atoms with E-state index in [4.69, 9.17) is 0 Å². The van der Waals surface area contributed by atoms with Crippen molar-refractivity contribution in [1.29, 1.82) is 0 Å². The SMILES string of the molecule is C=C1CC(C(C)C)C(=C)N1C(C)(C)CCCC(C)(C)CCCC(C)C. The van der Waals surface area contributed by atoms with E-state index in [0.29, 0.717) is 17.3 Å². The maximum atomic E-state index is 4.43. The number of rotatable bonds is 10. The molecule has 1 rings (SSSR count). The standard InChI is InChI=1S/C24H45N/c1-18(2)13-11-14-23(7,8)15-12-16-24(9,10)25-20(5)17-22(19(3)4)21(25)6/h18-19,22H,5-6,11-17H2,1-4,7-10H3. The first kappa shape index (κ1) is 22.3. The topological polar surface area (TPSA) is 3.24 Å². The van der Waals surface area contributed by atoms with Crippen LogP contribution in [0.1, 0.15) is 100 Å². The highest BCUT2D eigenvalue weighted by Crippen LogP contribution is 2.44. The van der Waals surface area contributed by atoms with Crippen molar-refractivity contribution in [3.63, 3.8) is 0 Å². The molecule has 1 heterocycles. The molecule has 0 aliphatic carbocycles. The van der Waals surface area contributed by atoms with Crippen LogP contribution in [0.3, 0.4) is 0 Å². The van der Waals surface area contributed by atoms with E-state index in [1.807, 2.05) is 0 Å². The maximum Gasteiger partial charge on any atom is 0.0388 e. The minimum Gasteiger partial charge on any atom is -0.344 e. The molecule has 0 bridgehead atoms. The van der Waals surface area contributed by atoms with Crippen LogP contribution in [-0.4, -0.2) is 10.4 Å². The first-order chi connectivity index (χ1) is 11.4. The van der Waals surface area contributed by atoms with Crippen molar-refractivity contribution in [2.45, 2.75) is 106 Å². The van der Waals surface area contributed by atoms with Gasteiger partial charge in [-0.3, -0.25) is 0 Å². The molecule has 1 unspecified atom stereocenters. The molecule has 0 spiro atoms. The van der Waals surface area contributed by atoms with Crippen LogP contribution in [0.4, 0.5) is 0 Å². The molecule has 1 saturated heterocycles. The van der Waals surface area contributed by atoms with Gasteiger partial charge in [0, 0.05) is 22.9 Å². The number of likely N-dealkylation sites (tertiary alicyclic amines) is 1. The molecule has 0 aromatic rings. The van der Waals surface area contributed by atoms with Gasteiger partial charge in [0.05, 0.1) is 0 Å². The van der Waals surface area contributed by atoms with Crippen LogP contribution < -0.4 is 0 Å². The maximum absolute atomic E-state index is 4.43. The normalized spacial score (nSPS) is 19.6. The van der Waals surface area contributed by atoms with Crippen LogP contribution in [-0.2, 0) is 0 Å². The Bertz CT molecular complexity index is 453. The quantitative estimate of drug-likeness (QED) is 0.390. The van der Waals surface area contributed by atoms with E-state index < -0.39 is 0 Å². The van der Waals surface area contributed by atoms with Gasteiger partial charge in [0.15, 0.2) is 0 Å². The van der Waals surface area contributed by atoms with Gasteiger partial charge in [-0.05, 0) is 56.8 Å². The molecule has 0 saturated carbocycles. The zero-order chi connectivity index (χ0) is 19.4. The lowest BCUT2D eigenvalue weighted by atomic mass is 9.80. The Hall–Kier alpha value is -0.720. The van der Waals surface area contributed by atoms with Gasteiger partial charge in [-0.1, -0.05) is 74.0 Å². The van der Waals surface area contributed by atoms with Crippen molar-refractivity contribution in [3.05, 3.63) is 24.6 Å². The third-order valence-corrected chi connectivity index (χ3v) is 6.17. The predicted molar refractivity (Wildman–Crippen MR) is 113 cm³/mol. The lowest BCUT2D eigenvalue weighted by Crippen LogP contribution is -2.40. The second-order valence-electron chi connectivity index (χ2n) is 10.6. The van der Waals surface area contributed by atoms with Crippen LogP contribution in [0.25, 0.3) is 0 Å². The Balaban J connectivity index is 2.55. The highest BCUT2D eigenvalue weighted by Gasteiger charge is 2.39. The van der Waals surface area contributed by atoms with Gasteiger partial charge in [0.25, 0.3) is 0 Å². The third kappa shape index (κ3) is 6.50. The van der Waals surface area contributed by atoms with Gasteiger partial charge in [-0.15, -0.1) is 0 Å². The number of hydrogen-bond donors (Lipinski definition) is 0. The zero-order valence-corrected chi connectivity index (χ0v) is 18.5. The number of hydrogen-bond acceptors (Lipinski definition) is 1. The molecule has 0 radical (unpaired) electrons. The largest absolute Gasteiger partial charge is 0.344 e. The summed E-state index contributed by atoms with van der Waals surface area (Å²) in [6.45, 7) is 27.7. The lowest BCUT2D eigenvalue weighted by molar-refractivity contribution is 0.185. The summed E-state index contributed by atoms with van der Waals surface area (Å²) in [5, 5.41) is 0. The first-order valence-electron chi connectivity index (χ1n) is 10.5. The average molecular weight is 348 g/mol. The fourth-order valence-electron chi connectivity index (χ4n) is 4.49. The summed E-state index contributed by atoms with van der Waals surface area (Å²) < 4.78 is 0. The first-order valence-corrected chi connectivity index (χ1v) is 10.5. The average Bonchev–Trinajstić information content (AvgIpc) is 2.73. The molecule has 146 valence electrons.